The van der Waals surface area contributed by atoms with Gasteiger partial charge in [0.2, 0.25) is 0 Å². The number of pyridine rings is 2. The molecule has 0 aliphatic heterocycles. The van der Waals surface area contributed by atoms with E-state index in [1.165, 1.54) is 11.1 Å². The van der Waals surface area contributed by atoms with Gasteiger partial charge in [-0.1, -0.05) is 12.2 Å². The normalized spacial score (nSPS) is 11.3. The lowest BCUT2D eigenvalue weighted by Gasteiger charge is -1.94. The molecule has 0 aromatic carbocycles. The molecule has 0 fully saturated rings. The first kappa shape index (κ1) is 23.6. The molecule has 0 unspecified atom stereocenters. The molecule has 0 saturated heterocycles. The fourth-order valence-electron chi connectivity index (χ4n) is 1.44. The summed E-state index contributed by atoms with van der Waals surface area (Å²) in [5, 5.41) is 0. The van der Waals surface area contributed by atoms with Gasteiger partial charge < -0.3 is 34.5 Å². The van der Waals surface area contributed by atoms with Crippen LogP contribution in [0.15, 0.2) is 49.1 Å². The van der Waals surface area contributed by atoms with Crippen LogP contribution in [0.2, 0.25) is 0 Å². The van der Waals surface area contributed by atoms with Crippen LogP contribution in [0.3, 0.4) is 0 Å². The molecule has 0 saturated carbocycles. The summed E-state index contributed by atoms with van der Waals surface area (Å²) in [7, 11) is -7.96. The number of hydrogen-bond acceptors (Lipinski definition) is 0. The predicted octanol–water partition coefficient (Wildman–Crippen LogP) is 4.11. The Morgan fingerprint density at radius 1 is 0.577 bits per heavy atom. The molecule has 2 aromatic rings. The summed E-state index contributed by atoms with van der Waals surface area (Å²) in [5.74, 6) is 0. The van der Waals surface area contributed by atoms with E-state index in [1.54, 1.807) is 0 Å². The van der Waals surface area contributed by atoms with E-state index in [4.69, 9.17) is 0 Å². The van der Waals surface area contributed by atoms with Crippen LogP contribution in [0.5, 0.6) is 0 Å². The number of nitrogens with zero attached hydrogens (tertiary/aromatic N) is 2. The molecular weight excluding hydrogens is 370 g/mol. The summed E-state index contributed by atoms with van der Waals surface area (Å²) in [4.78, 5) is 0. The fraction of sp³-hybridized carbons (Fsp3) is 0.143. The van der Waals surface area contributed by atoms with E-state index in [-0.39, 0.29) is 0 Å². The summed E-state index contributed by atoms with van der Waals surface area (Å²) in [6.07, 6.45) is 12.4. The van der Waals surface area contributed by atoms with E-state index < -0.39 is 14.5 Å². The van der Waals surface area contributed by atoms with Crippen LogP contribution >= 0.6 is 0 Å². The number of rotatable bonds is 2. The van der Waals surface area contributed by atoms with Crippen molar-refractivity contribution < 1.29 is 43.7 Å². The zero-order valence-electron chi connectivity index (χ0n) is 13.8. The second kappa shape index (κ2) is 10.6. The Balaban J connectivity index is 0.000000520. The van der Waals surface area contributed by atoms with Gasteiger partial charge in [0, 0.05) is 24.3 Å². The van der Waals surface area contributed by atoms with E-state index in [9.17, 15) is 34.5 Å². The number of hydrogen-bond donors (Lipinski definition) is 0. The molecule has 144 valence electrons. The van der Waals surface area contributed by atoms with Gasteiger partial charge in [-0.2, -0.15) is 0 Å². The highest BCUT2D eigenvalue weighted by atomic mass is 19.5. The summed E-state index contributed by atoms with van der Waals surface area (Å²) in [6.45, 7) is 0. The largest absolute Gasteiger partial charge is 0.673 e. The van der Waals surface area contributed by atoms with Crippen LogP contribution in [-0.2, 0) is 14.1 Å². The van der Waals surface area contributed by atoms with Crippen LogP contribution in [0.25, 0.3) is 12.2 Å². The van der Waals surface area contributed by atoms with E-state index in [0.29, 0.717) is 0 Å². The summed E-state index contributed by atoms with van der Waals surface area (Å²) in [6, 6.07) is 8.39. The van der Waals surface area contributed by atoms with Crippen molar-refractivity contribution in [2.45, 2.75) is 0 Å². The predicted molar refractivity (Wildman–Crippen MR) is 84.5 cm³/mol. The highest BCUT2D eigenvalue weighted by molar-refractivity contribution is 6.50. The van der Waals surface area contributed by atoms with Gasteiger partial charge in [0.25, 0.3) is 0 Å². The third-order valence-electron chi connectivity index (χ3n) is 2.48. The van der Waals surface area contributed by atoms with Crippen molar-refractivity contribution in [2.24, 2.45) is 14.1 Å². The third kappa shape index (κ3) is 18.0. The standard InChI is InChI=1S/C14H16N2.2BF4/c1-15-9-5-13(6-10-15)3-4-14-7-11-16(2)12-8-14;2*2-1(3,4)5/h3-12H,1-2H3;;/q+2;2*-1/b4-3+;;. The summed E-state index contributed by atoms with van der Waals surface area (Å²) < 4.78 is 82.1. The molecule has 0 aliphatic carbocycles. The van der Waals surface area contributed by atoms with Gasteiger partial charge in [-0.25, -0.2) is 9.13 Å². The Hall–Kier alpha value is -2.39. The van der Waals surface area contributed by atoms with Gasteiger partial charge in [-0.3, -0.25) is 0 Å². The molecule has 2 nitrogen and oxygen atoms in total. The van der Waals surface area contributed by atoms with Crippen LogP contribution in [0.4, 0.5) is 34.5 Å². The molecule has 0 N–H and O–H groups in total. The molecule has 2 heterocycles. The van der Waals surface area contributed by atoms with E-state index in [2.05, 4.69) is 36.4 Å². The Bertz CT molecular complexity index is 596. The minimum atomic E-state index is -6.00. The maximum Gasteiger partial charge on any atom is 0.673 e. The number of aromatic nitrogens is 2. The van der Waals surface area contributed by atoms with Crippen molar-refractivity contribution in [3.05, 3.63) is 60.2 Å². The molecule has 12 heteroatoms. The van der Waals surface area contributed by atoms with Gasteiger partial charge in [-0.15, -0.1) is 0 Å². The molecule has 0 amide bonds. The second-order valence-electron chi connectivity index (χ2n) is 4.92. The van der Waals surface area contributed by atoms with Gasteiger partial charge in [0.15, 0.2) is 24.8 Å². The molecule has 0 aliphatic rings. The van der Waals surface area contributed by atoms with Gasteiger partial charge in [0.1, 0.15) is 14.1 Å². The smallest absolute Gasteiger partial charge is 0.418 e. The first-order valence-corrected chi connectivity index (χ1v) is 7.07. The Morgan fingerprint density at radius 3 is 0.962 bits per heavy atom. The SMILES string of the molecule is C[n+]1ccc(/C=C/c2cc[n+](C)cc2)cc1.F[B-](F)(F)F.F[B-](F)(F)F. The van der Waals surface area contributed by atoms with Crippen molar-refractivity contribution in [3.63, 3.8) is 0 Å². The minimum absolute atomic E-state index is 1.21. The lowest BCUT2D eigenvalue weighted by atomic mass is 10.2. The zero-order valence-corrected chi connectivity index (χ0v) is 13.8. The second-order valence-corrected chi connectivity index (χ2v) is 4.92. The van der Waals surface area contributed by atoms with Gasteiger partial charge in [0.05, 0.1) is 0 Å². The van der Waals surface area contributed by atoms with Gasteiger partial charge >= 0.3 is 14.5 Å². The molecule has 0 bridgehead atoms. The van der Waals surface area contributed by atoms with E-state index in [0.717, 1.165) is 0 Å². The highest BCUT2D eigenvalue weighted by Gasteiger charge is 2.21. The van der Waals surface area contributed by atoms with Crippen molar-refractivity contribution in [3.8, 4) is 0 Å². The van der Waals surface area contributed by atoms with Crippen molar-refractivity contribution in [1.82, 2.24) is 0 Å². The highest BCUT2D eigenvalue weighted by Crippen LogP contribution is 2.07. The van der Waals surface area contributed by atoms with Crippen LogP contribution < -0.4 is 9.13 Å². The first-order valence-electron chi connectivity index (χ1n) is 7.07. The molecule has 2 aromatic heterocycles. The van der Waals surface area contributed by atoms with Crippen molar-refractivity contribution >= 4 is 26.7 Å². The van der Waals surface area contributed by atoms with Crippen molar-refractivity contribution in [2.75, 3.05) is 0 Å². The molecule has 0 atom stereocenters. The van der Waals surface area contributed by atoms with Crippen molar-refractivity contribution in [1.29, 1.82) is 0 Å². The Kier molecular flexibility index (Phi) is 9.60. The topological polar surface area (TPSA) is 7.76 Å². The Labute approximate surface area is 145 Å². The van der Waals surface area contributed by atoms with Crippen LogP contribution in [0, 0.1) is 0 Å². The molecular formula is C14H16B2F8N2. The summed E-state index contributed by atoms with van der Waals surface area (Å²) in [5.41, 5.74) is 2.43. The number of halogens is 8. The lowest BCUT2D eigenvalue weighted by Crippen LogP contribution is -2.25. The monoisotopic (exact) mass is 386 g/mol. The maximum atomic E-state index is 9.75. The maximum absolute atomic E-state index is 9.75. The van der Waals surface area contributed by atoms with Crippen LogP contribution in [0.1, 0.15) is 11.1 Å². The molecule has 0 radical (unpaired) electrons. The van der Waals surface area contributed by atoms with E-state index >= 15 is 0 Å². The summed E-state index contributed by atoms with van der Waals surface area (Å²) >= 11 is 0. The third-order valence-corrected chi connectivity index (χ3v) is 2.48. The zero-order chi connectivity index (χ0) is 20.4. The average Bonchev–Trinajstić information content (AvgIpc) is 2.45. The number of aryl methyl sites for hydroxylation is 2. The molecule has 26 heavy (non-hydrogen) atoms. The minimum Gasteiger partial charge on any atom is -0.418 e. The first-order chi connectivity index (χ1) is 11.7. The van der Waals surface area contributed by atoms with E-state index in [1.807, 2.05) is 48.0 Å². The average molecular weight is 386 g/mol. The molecule has 2 rings (SSSR count). The Morgan fingerprint density at radius 2 is 0.769 bits per heavy atom. The quantitative estimate of drug-likeness (QED) is 0.417. The van der Waals surface area contributed by atoms with Gasteiger partial charge in [-0.05, 0) is 11.1 Å². The van der Waals surface area contributed by atoms with Crippen LogP contribution in [-0.4, -0.2) is 14.5 Å². The molecule has 0 spiro atoms. The fourth-order valence-corrected chi connectivity index (χ4v) is 1.44. The lowest BCUT2D eigenvalue weighted by molar-refractivity contribution is -0.671.